The van der Waals surface area contributed by atoms with Crippen LogP contribution in [0.4, 0.5) is 4.39 Å². The van der Waals surface area contributed by atoms with Crippen LogP contribution in [-0.2, 0) is 6.42 Å². The number of nitrogens with one attached hydrogen (secondary N) is 1. The second-order valence-corrected chi connectivity index (χ2v) is 5.41. The molecule has 0 fully saturated rings. The second-order valence-electron chi connectivity index (χ2n) is 4.25. The molecule has 1 N–H and O–H groups in total. The Bertz CT molecular complexity index is 559. The van der Waals surface area contributed by atoms with Crippen molar-refractivity contribution in [3.63, 3.8) is 0 Å². The largest absolute Gasteiger partial charge is 0.309 e. The maximum absolute atomic E-state index is 13.5. The van der Waals surface area contributed by atoms with Gasteiger partial charge >= 0.3 is 0 Å². The van der Waals surface area contributed by atoms with E-state index in [0.29, 0.717) is 6.42 Å². The van der Waals surface area contributed by atoms with Crippen LogP contribution in [0.2, 0.25) is 5.02 Å². The number of aromatic nitrogens is 2. The lowest BCUT2D eigenvalue weighted by molar-refractivity contribution is 0.551. The van der Waals surface area contributed by atoms with Crippen molar-refractivity contribution in [3.8, 4) is 0 Å². The lowest BCUT2D eigenvalue weighted by Crippen LogP contribution is -2.23. The molecule has 1 aromatic carbocycles. The van der Waals surface area contributed by atoms with Gasteiger partial charge in [0, 0.05) is 6.04 Å². The number of benzene rings is 1. The first-order valence-electron chi connectivity index (χ1n) is 6.08. The number of halogens is 2. The molecule has 0 saturated carbocycles. The third-order valence-electron chi connectivity index (χ3n) is 2.91. The first-order chi connectivity index (χ1) is 9.13. The Morgan fingerprint density at radius 2 is 2.26 bits per heavy atom. The molecular formula is C13H15ClFN3S. The highest BCUT2D eigenvalue weighted by atomic mass is 35.5. The SMILES string of the molecule is CCNC(Cc1cccc(F)c1Cl)c1snnc1C. The van der Waals surface area contributed by atoms with E-state index >= 15 is 0 Å². The Labute approximate surface area is 121 Å². The molecule has 0 radical (unpaired) electrons. The fraction of sp³-hybridized carbons (Fsp3) is 0.385. The molecule has 0 spiro atoms. The molecule has 2 rings (SSSR count). The Kier molecular flexibility index (Phi) is 4.85. The molecule has 1 heterocycles. The van der Waals surface area contributed by atoms with Gasteiger partial charge in [-0.25, -0.2) is 4.39 Å². The Morgan fingerprint density at radius 1 is 1.47 bits per heavy atom. The molecule has 1 atom stereocenters. The molecule has 2 aromatic rings. The molecule has 102 valence electrons. The van der Waals surface area contributed by atoms with Crippen LogP contribution in [0.15, 0.2) is 18.2 Å². The van der Waals surface area contributed by atoms with Crippen molar-refractivity contribution in [2.24, 2.45) is 0 Å². The lowest BCUT2D eigenvalue weighted by atomic mass is 10.0. The number of hydrogen-bond acceptors (Lipinski definition) is 4. The van der Waals surface area contributed by atoms with E-state index in [1.807, 2.05) is 19.9 Å². The van der Waals surface area contributed by atoms with Gasteiger partial charge in [-0.15, -0.1) is 5.10 Å². The van der Waals surface area contributed by atoms with Crippen molar-refractivity contribution in [1.82, 2.24) is 14.9 Å². The summed E-state index contributed by atoms with van der Waals surface area (Å²) in [5.74, 6) is -0.381. The molecule has 0 bridgehead atoms. The molecule has 1 aromatic heterocycles. The average Bonchev–Trinajstić information content (AvgIpc) is 2.80. The number of hydrogen-bond donors (Lipinski definition) is 1. The van der Waals surface area contributed by atoms with Crippen LogP contribution in [0.25, 0.3) is 0 Å². The van der Waals surface area contributed by atoms with Crippen molar-refractivity contribution in [2.75, 3.05) is 6.54 Å². The molecule has 0 amide bonds. The predicted molar refractivity (Wildman–Crippen MR) is 76.2 cm³/mol. The minimum Gasteiger partial charge on any atom is -0.309 e. The summed E-state index contributed by atoms with van der Waals surface area (Å²) < 4.78 is 17.4. The standard InChI is InChI=1S/C13H15ClFN3S/c1-3-16-11(13-8(2)17-18-19-13)7-9-5-4-6-10(15)12(9)14/h4-6,11,16H,3,7H2,1-2H3. The number of likely N-dealkylation sites (N-methyl/N-ethyl adjacent to an activating group) is 1. The fourth-order valence-corrected chi connectivity index (χ4v) is 2.91. The average molecular weight is 300 g/mol. The van der Waals surface area contributed by atoms with Gasteiger partial charge in [0.05, 0.1) is 15.6 Å². The highest BCUT2D eigenvalue weighted by molar-refractivity contribution is 7.05. The van der Waals surface area contributed by atoms with E-state index in [-0.39, 0.29) is 16.9 Å². The Hall–Kier alpha value is -1.04. The summed E-state index contributed by atoms with van der Waals surface area (Å²) in [7, 11) is 0. The first-order valence-corrected chi connectivity index (χ1v) is 7.23. The zero-order valence-corrected chi connectivity index (χ0v) is 12.4. The Balaban J connectivity index is 2.27. The molecule has 1 unspecified atom stereocenters. The zero-order chi connectivity index (χ0) is 13.8. The Morgan fingerprint density at radius 3 is 2.89 bits per heavy atom. The summed E-state index contributed by atoms with van der Waals surface area (Å²) in [4.78, 5) is 1.07. The normalized spacial score (nSPS) is 12.6. The highest BCUT2D eigenvalue weighted by Gasteiger charge is 2.19. The van der Waals surface area contributed by atoms with Crippen LogP contribution in [0.1, 0.15) is 29.1 Å². The lowest BCUT2D eigenvalue weighted by Gasteiger charge is -2.17. The van der Waals surface area contributed by atoms with Crippen molar-refractivity contribution in [2.45, 2.75) is 26.3 Å². The van der Waals surface area contributed by atoms with Crippen LogP contribution in [0.5, 0.6) is 0 Å². The van der Waals surface area contributed by atoms with Crippen molar-refractivity contribution in [1.29, 1.82) is 0 Å². The second kappa shape index (κ2) is 6.41. The molecule has 0 aliphatic heterocycles. The smallest absolute Gasteiger partial charge is 0.142 e. The van der Waals surface area contributed by atoms with Gasteiger partial charge in [-0.1, -0.05) is 35.1 Å². The highest BCUT2D eigenvalue weighted by Crippen LogP contribution is 2.28. The van der Waals surface area contributed by atoms with E-state index in [4.69, 9.17) is 11.6 Å². The van der Waals surface area contributed by atoms with Gasteiger partial charge < -0.3 is 5.32 Å². The van der Waals surface area contributed by atoms with Crippen LogP contribution in [-0.4, -0.2) is 16.1 Å². The molecule has 0 aliphatic carbocycles. The maximum Gasteiger partial charge on any atom is 0.142 e. The van der Waals surface area contributed by atoms with E-state index in [9.17, 15) is 4.39 Å². The van der Waals surface area contributed by atoms with E-state index in [1.54, 1.807) is 6.07 Å². The van der Waals surface area contributed by atoms with E-state index < -0.39 is 0 Å². The van der Waals surface area contributed by atoms with Crippen LogP contribution in [0.3, 0.4) is 0 Å². The molecule has 0 aliphatic rings. The fourth-order valence-electron chi connectivity index (χ4n) is 1.99. The van der Waals surface area contributed by atoms with Crippen LogP contribution >= 0.6 is 23.1 Å². The van der Waals surface area contributed by atoms with Crippen LogP contribution in [0, 0.1) is 12.7 Å². The van der Waals surface area contributed by atoms with Gasteiger partial charge in [0.15, 0.2) is 0 Å². The summed E-state index contributed by atoms with van der Waals surface area (Å²) in [6, 6.07) is 4.95. The van der Waals surface area contributed by atoms with Crippen molar-refractivity contribution >= 4 is 23.1 Å². The van der Waals surface area contributed by atoms with Gasteiger partial charge in [-0.05, 0) is 43.1 Å². The molecule has 6 heteroatoms. The molecular weight excluding hydrogens is 285 g/mol. The number of aryl methyl sites for hydroxylation is 1. The van der Waals surface area contributed by atoms with Gasteiger partial charge in [0.1, 0.15) is 5.82 Å². The number of rotatable bonds is 5. The van der Waals surface area contributed by atoms with Crippen molar-refractivity contribution < 1.29 is 4.39 Å². The maximum atomic E-state index is 13.5. The van der Waals surface area contributed by atoms with E-state index in [2.05, 4.69) is 14.9 Å². The predicted octanol–water partition coefficient (Wildman–Crippen LogP) is 3.53. The summed E-state index contributed by atoms with van der Waals surface area (Å²) >= 11 is 7.37. The third-order valence-corrected chi connectivity index (χ3v) is 4.27. The molecule has 0 saturated heterocycles. The van der Waals surface area contributed by atoms with Crippen LogP contribution < -0.4 is 5.32 Å². The van der Waals surface area contributed by atoms with Crippen molar-refractivity contribution in [3.05, 3.63) is 45.2 Å². The number of nitrogens with zero attached hydrogens (tertiary/aromatic N) is 2. The summed E-state index contributed by atoms with van der Waals surface area (Å²) in [6.45, 7) is 4.77. The topological polar surface area (TPSA) is 37.8 Å². The van der Waals surface area contributed by atoms with E-state index in [0.717, 1.165) is 22.7 Å². The summed E-state index contributed by atoms with van der Waals surface area (Å²) in [5.41, 5.74) is 1.70. The summed E-state index contributed by atoms with van der Waals surface area (Å²) in [5, 5.41) is 7.59. The minimum atomic E-state index is -0.381. The van der Waals surface area contributed by atoms with Gasteiger partial charge in [-0.3, -0.25) is 0 Å². The monoisotopic (exact) mass is 299 g/mol. The van der Waals surface area contributed by atoms with E-state index in [1.165, 1.54) is 17.6 Å². The zero-order valence-electron chi connectivity index (χ0n) is 10.8. The van der Waals surface area contributed by atoms with Gasteiger partial charge in [0.25, 0.3) is 0 Å². The summed E-state index contributed by atoms with van der Waals surface area (Å²) in [6.07, 6.45) is 0.620. The molecule has 19 heavy (non-hydrogen) atoms. The quantitative estimate of drug-likeness (QED) is 0.918. The first kappa shape index (κ1) is 14.4. The molecule has 3 nitrogen and oxygen atoms in total. The minimum absolute atomic E-state index is 0.0595. The third kappa shape index (κ3) is 3.29. The van der Waals surface area contributed by atoms with Gasteiger partial charge in [0.2, 0.25) is 0 Å². The van der Waals surface area contributed by atoms with Gasteiger partial charge in [-0.2, -0.15) is 0 Å².